The molecule has 0 bridgehead atoms. The molecule has 0 unspecified atom stereocenters. The Kier molecular flexibility index (Phi) is 5.81. The Morgan fingerprint density at radius 1 is 1.06 bits per heavy atom. The maximum Gasteiger partial charge on any atom is 0.349 e. The van der Waals surface area contributed by atoms with E-state index >= 15 is 0 Å². The first-order valence-corrected chi connectivity index (χ1v) is 10.4. The Balaban J connectivity index is 1.67. The second-order valence-electron chi connectivity index (χ2n) is 7.52. The smallest absolute Gasteiger partial charge is 0.349 e. The third-order valence-electron chi connectivity index (χ3n) is 5.25. The second-order valence-corrected chi connectivity index (χ2v) is 7.52. The van der Waals surface area contributed by atoms with Crippen molar-refractivity contribution in [2.45, 2.75) is 27.4 Å². The summed E-state index contributed by atoms with van der Waals surface area (Å²) < 4.78 is 16.6. The number of fused-ring (bicyclic) bond motifs is 2. The van der Waals surface area contributed by atoms with Gasteiger partial charge in [-0.2, -0.15) is 0 Å². The van der Waals surface area contributed by atoms with E-state index in [2.05, 4.69) is 30.3 Å². The number of carbonyl (C=O) groups is 1. The van der Waals surface area contributed by atoms with Gasteiger partial charge in [0.25, 0.3) is 0 Å². The number of nitrogens with zero attached hydrogens (tertiary/aromatic N) is 2. The molecule has 4 aromatic rings. The number of benzene rings is 2. The standard InChI is InChI=1S/C25H24N2O5/c1-5-27(6-2)18-9-8-17-12-19(25(29)32-21(17)13-18)23-26-20-10-7-16(11-22(20)31-23)14-30-24(28)15(3)4/h7-13H,3,5-6,14H2,1-2,4H3. The third kappa shape index (κ3) is 4.14. The Morgan fingerprint density at radius 2 is 1.84 bits per heavy atom. The van der Waals surface area contributed by atoms with E-state index in [4.69, 9.17) is 13.6 Å². The van der Waals surface area contributed by atoms with Gasteiger partial charge in [0.15, 0.2) is 5.58 Å². The molecule has 0 saturated carbocycles. The zero-order valence-electron chi connectivity index (χ0n) is 18.3. The van der Waals surface area contributed by atoms with E-state index in [1.807, 2.05) is 18.2 Å². The van der Waals surface area contributed by atoms with Gasteiger partial charge < -0.3 is 18.5 Å². The maximum atomic E-state index is 12.7. The highest BCUT2D eigenvalue weighted by Gasteiger charge is 2.16. The van der Waals surface area contributed by atoms with Crippen molar-refractivity contribution in [1.82, 2.24) is 4.98 Å². The summed E-state index contributed by atoms with van der Waals surface area (Å²) in [5.41, 5.74) is 3.40. The third-order valence-corrected chi connectivity index (χ3v) is 5.25. The summed E-state index contributed by atoms with van der Waals surface area (Å²) in [4.78, 5) is 30.9. The first kappa shape index (κ1) is 21.4. The van der Waals surface area contributed by atoms with E-state index in [1.165, 1.54) is 0 Å². The predicted molar refractivity (Wildman–Crippen MR) is 124 cm³/mol. The lowest BCUT2D eigenvalue weighted by molar-refractivity contribution is -0.140. The first-order valence-electron chi connectivity index (χ1n) is 10.4. The highest BCUT2D eigenvalue weighted by Crippen LogP contribution is 2.27. The van der Waals surface area contributed by atoms with Gasteiger partial charge in [0.1, 0.15) is 23.3 Å². The number of oxazole rings is 1. The zero-order valence-corrected chi connectivity index (χ0v) is 18.3. The van der Waals surface area contributed by atoms with Crippen LogP contribution in [0.15, 0.2) is 68.2 Å². The molecule has 0 fully saturated rings. The normalized spacial score (nSPS) is 11.1. The Labute approximate surface area is 184 Å². The van der Waals surface area contributed by atoms with E-state index in [0.29, 0.717) is 22.3 Å². The van der Waals surface area contributed by atoms with Gasteiger partial charge >= 0.3 is 11.6 Å². The fraction of sp³-hybridized carbons (Fsp3) is 0.240. The number of hydrogen-bond donors (Lipinski definition) is 0. The highest BCUT2D eigenvalue weighted by molar-refractivity contribution is 5.87. The topological polar surface area (TPSA) is 85.8 Å². The maximum absolute atomic E-state index is 12.7. The molecular formula is C25H24N2O5. The summed E-state index contributed by atoms with van der Waals surface area (Å²) >= 11 is 0. The Bertz CT molecular complexity index is 1380. The van der Waals surface area contributed by atoms with Crippen molar-refractivity contribution in [3.63, 3.8) is 0 Å². The van der Waals surface area contributed by atoms with Crippen LogP contribution in [0.2, 0.25) is 0 Å². The van der Waals surface area contributed by atoms with Crippen molar-refractivity contribution >= 4 is 33.7 Å². The molecule has 2 aromatic heterocycles. The molecule has 0 saturated heterocycles. The molecule has 32 heavy (non-hydrogen) atoms. The largest absolute Gasteiger partial charge is 0.457 e. The van der Waals surface area contributed by atoms with Gasteiger partial charge in [-0.15, -0.1) is 0 Å². The molecule has 2 heterocycles. The minimum Gasteiger partial charge on any atom is -0.457 e. The molecule has 0 radical (unpaired) electrons. The van der Waals surface area contributed by atoms with Crippen molar-refractivity contribution < 1.29 is 18.4 Å². The molecule has 7 nitrogen and oxygen atoms in total. The van der Waals surface area contributed by atoms with Crippen LogP contribution in [0.25, 0.3) is 33.5 Å². The SMILES string of the molecule is C=C(C)C(=O)OCc1ccc2nc(-c3cc4ccc(N(CC)CC)cc4oc3=O)oc2c1. The molecule has 7 heteroatoms. The van der Waals surface area contributed by atoms with Crippen LogP contribution in [-0.2, 0) is 16.1 Å². The summed E-state index contributed by atoms with van der Waals surface area (Å²) in [7, 11) is 0. The number of aromatic nitrogens is 1. The average molecular weight is 432 g/mol. The molecule has 0 N–H and O–H groups in total. The molecule has 0 atom stereocenters. The van der Waals surface area contributed by atoms with E-state index < -0.39 is 11.6 Å². The number of esters is 1. The molecule has 0 amide bonds. The molecular weight excluding hydrogens is 408 g/mol. The van der Waals surface area contributed by atoms with E-state index in [-0.39, 0.29) is 18.1 Å². The van der Waals surface area contributed by atoms with E-state index in [1.54, 1.807) is 31.2 Å². The van der Waals surface area contributed by atoms with Crippen molar-refractivity contribution in [1.29, 1.82) is 0 Å². The van der Waals surface area contributed by atoms with Crippen LogP contribution >= 0.6 is 0 Å². The lowest BCUT2D eigenvalue weighted by Gasteiger charge is -2.20. The molecule has 4 rings (SSSR count). The van der Waals surface area contributed by atoms with Gasteiger partial charge in [0, 0.05) is 35.8 Å². The van der Waals surface area contributed by atoms with Crippen LogP contribution in [0.5, 0.6) is 0 Å². The molecule has 164 valence electrons. The van der Waals surface area contributed by atoms with Crippen LogP contribution in [-0.4, -0.2) is 24.0 Å². The average Bonchev–Trinajstić information content (AvgIpc) is 3.20. The first-order chi connectivity index (χ1) is 15.4. The molecule has 2 aromatic carbocycles. The van der Waals surface area contributed by atoms with Crippen LogP contribution in [0, 0.1) is 0 Å². The second kappa shape index (κ2) is 8.70. The number of anilines is 1. The summed E-state index contributed by atoms with van der Waals surface area (Å²) in [6, 6.07) is 12.8. The van der Waals surface area contributed by atoms with Gasteiger partial charge in [0.05, 0.1) is 0 Å². The number of hydrogen-bond acceptors (Lipinski definition) is 7. The number of rotatable bonds is 7. The molecule has 0 aliphatic carbocycles. The summed E-state index contributed by atoms with van der Waals surface area (Å²) in [5.74, 6) is -0.277. The number of ether oxygens (including phenoxy) is 1. The quantitative estimate of drug-likeness (QED) is 0.229. The van der Waals surface area contributed by atoms with E-state index in [9.17, 15) is 9.59 Å². The van der Waals surface area contributed by atoms with Crippen molar-refractivity contribution in [3.8, 4) is 11.5 Å². The van der Waals surface area contributed by atoms with Crippen LogP contribution in [0.1, 0.15) is 26.3 Å². The van der Waals surface area contributed by atoms with Gasteiger partial charge in [-0.25, -0.2) is 14.6 Å². The van der Waals surface area contributed by atoms with Gasteiger partial charge in [-0.05, 0) is 56.7 Å². The fourth-order valence-corrected chi connectivity index (χ4v) is 3.48. The Morgan fingerprint density at radius 3 is 2.56 bits per heavy atom. The fourth-order valence-electron chi connectivity index (χ4n) is 3.48. The molecule has 0 aliphatic rings. The lowest BCUT2D eigenvalue weighted by atomic mass is 10.1. The van der Waals surface area contributed by atoms with Crippen molar-refractivity contribution in [2.75, 3.05) is 18.0 Å². The van der Waals surface area contributed by atoms with Gasteiger partial charge in [-0.1, -0.05) is 12.6 Å². The summed E-state index contributed by atoms with van der Waals surface area (Å²) in [6.07, 6.45) is 0. The summed E-state index contributed by atoms with van der Waals surface area (Å²) in [5, 5.41) is 0.783. The molecule has 0 aliphatic heterocycles. The minimum absolute atomic E-state index is 0.0879. The Hall–Kier alpha value is -3.87. The van der Waals surface area contributed by atoms with Gasteiger partial charge in [0.2, 0.25) is 5.89 Å². The lowest BCUT2D eigenvalue weighted by Crippen LogP contribution is -2.21. The highest BCUT2D eigenvalue weighted by atomic mass is 16.5. The van der Waals surface area contributed by atoms with Gasteiger partial charge in [-0.3, -0.25) is 0 Å². The minimum atomic E-state index is -0.517. The molecule has 0 spiro atoms. The van der Waals surface area contributed by atoms with Crippen LogP contribution < -0.4 is 10.5 Å². The predicted octanol–water partition coefficient (Wildman–Crippen LogP) is 5.07. The summed E-state index contributed by atoms with van der Waals surface area (Å²) in [6.45, 7) is 11.1. The van der Waals surface area contributed by atoms with Crippen molar-refractivity contribution in [3.05, 3.63) is 70.6 Å². The van der Waals surface area contributed by atoms with Crippen LogP contribution in [0.4, 0.5) is 5.69 Å². The van der Waals surface area contributed by atoms with Crippen molar-refractivity contribution in [2.24, 2.45) is 0 Å². The monoisotopic (exact) mass is 432 g/mol. The van der Waals surface area contributed by atoms with E-state index in [0.717, 1.165) is 29.7 Å². The van der Waals surface area contributed by atoms with Crippen LogP contribution in [0.3, 0.4) is 0 Å². The zero-order chi connectivity index (χ0) is 22.8. The number of carbonyl (C=O) groups excluding carboxylic acids is 1.